The van der Waals surface area contributed by atoms with E-state index in [1.807, 2.05) is 49.4 Å². The highest BCUT2D eigenvalue weighted by atomic mass is 16.5. The van der Waals surface area contributed by atoms with Gasteiger partial charge in [0.25, 0.3) is 11.8 Å². The van der Waals surface area contributed by atoms with Crippen LogP contribution < -0.4 is 10.1 Å². The van der Waals surface area contributed by atoms with Crippen LogP contribution in [0.2, 0.25) is 0 Å². The number of nitrogens with one attached hydrogen (secondary N) is 1. The smallest absolute Gasteiger partial charge is 0.258 e. The molecule has 1 aliphatic carbocycles. The Hall–Kier alpha value is -3.15. The maximum atomic E-state index is 12.0. The first kappa shape index (κ1) is 18.2. The summed E-state index contributed by atoms with van der Waals surface area (Å²) in [6.07, 6.45) is 4.48. The zero-order valence-electron chi connectivity index (χ0n) is 15.9. The molecule has 0 spiro atoms. The molecule has 1 heterocycles. The maximum Gasteiger partial charge on any atom is 0.258 e. The molecule has 1 N–H and O–H groups in total. The fourth-order valence-electron chi connectivity index (χ4n) is 3.37. The molecule has 1 saturated carbocycles. The minimum Gasteiger partial charge on any atom is -0.484 e. The highest BCUT2D eigenvalue weighted by Gasteiger charge is 2.17. The molecule has 0 radical (unpaired) electrons. The topological polar surface area (TPSA) is 77.2 Å². The summed E-state index contributed by atoms with van der Waals surface area (Å²) in [5, 5.41) is 7.08. The molecule has 0 bridgehead atoms. The van der Waals surface area contributed by atoms with E-state index in [0.717, 1.165) is 24.0 Å². The van der Waals surface area contributed by atoms with Crippen molar-refractivity contribution in [2.75, 3.05) is 6.61 Å². The normalized spacial score (nSPS) is 14.2. The number of benzene rings is 2. The molecule has 1 aromatic heterocycles. The Balaban J connectivity index is 1.41. The average molecular weight is 377 g/mol. The van der Waals surface area contributed by atoms with Crippen molar-refractivity contribution in [1.82, 2.24) is 15.5 Å². The SMILES string of the molecule is Cc1ccc(-c2noc(-c3cccc(OCC(=O)NC4CCCC4)c3)n2)cc1. The third-order valence-electron chi connectivity index (χ3n) is 4.91. The van der Waals surface area contributed by atoms with Crippen molar-refractivity contribution in [3.05, 3.63) is 54.1 Å². The highest BCUT2D eigenvalue weighted by Crippen LogP contribution is 2.25. The van der Waals surface area contributed by atoms with Crippen molar-refractivity contribution in [2.24, 2.45) is 0 Å². The first-order valence-corrected chi connectivity index (χ1v) is 9.61. The monoisotopic (exact) mass is 377 g/mol. The second-order valence-electron chi connectivity index (χ2n) is 7.15. The number of aryl methyl sites for hydroxylation is 1. The molecule has 0 aliphatic heterocycles. The van der Waals surface area contributed by atoms with Gasteiger partial charge in [-0.05, 0) is 38.0 Å². The van der Waals surface area contributed by atoms with Gasteiger partial charge in [-0.3, -0.25) is 4.79 Å². The Morgan fingerprint density at radius 2 is 1.93 bits per heavy atom. The highest BCUT2D eigenvalue weighted by molar-refractivity contribution is 5.78. The van der Waals surface area contributed by atoms with Crippen molar-refractivity contribution in [3.8, 4) is 28.6 Å². The number of rotatable bonds is 6. The predicted octanol–water partition coefficient (Wildman–Crippen LogP) is 4.15. The van der Waals surface area contributed by atoms with Gasteiger partial charge in [-0.2, -0.15) is 4.98 Å². The Labute approximate surface area is 163 Å². The van der Waals surface area contributed by atoms with E-state index in [2.05, 4.69) is 15.5 Å². The van der Waals surface area contributed by atoms with Crippen molar-refractivity contribution in [2.45, 2.75) is 38.6 Å². The van der Waals surface area contributed by atoms with Crippen LogP contribution in [0.15, 0.2) is 53.1 Å². The second kappa shape index (κ2) is 8.25. The van der Waals surface area contributed by atoms with Gasteiger partial charge in [0.15, 0.2) is 6.61 Å². The molecule has 0 atom stereocenters. The van der Waals surface area contributed by atoms with Gasteiger partial charge in [0.2, 0.25) is 5.82 Å². The minimum atomic E-state index is -0.0863. The zero-order chi connectivity index (χ0) is 19.3. The number of carbonyl (C=O) groups excluding carboxylic acids is 1. The van der Waals surface area contributed by atoms with Crippen LogP contribution in [0, 0.1) is 6.92 Å². The van der Waals surface area contributed by atoms with E-state index >= 15 is 0 Å². The molecule has 6 nitrogen and oxygen atoms in total. The van der Waals surface area contributed by atoms with Crippen molar-refractivity contribution < 1.29 is 14.1 Å². The molecule has 28 heavy (non-hydrogen) atoms. The Bertz CT molecular complexity index is 944. The van der Waals surface area contributed by atoms with Gasteiger partial charge in [0, 0.05) is 17.2 Å². The molecule has 1 amide bonds. The molecule has 4 rings (SSSR count). The van der Waals surface area contributed by atoms with Crippen LogP contribution in [0.25, 0.3) is 22.8 Å². The first-order chi connectivity index (χ1) is 13.7. The summed E-state index contributed by atoms with van der Waals surface area (Å²) in [5.74, 6) is 1.46. The Kier molecular flexibility index (Phi) is 5.37. The number of aromatic nitrogens is 2. The molecule has 0 saturated heterocycles. The Morgan fingerprint density at radius 3 is 2.71 bits per heavy atom. The molecule has 3 aromatic rings. The second-order valence-corrected chi connectivity index (χ2v) is 7.15. The molecule has 144 valence electrons. The van der Waals surface area contributed by atoms with Gasteiger partial charge >= 0.3 is 0 Å². The molecule has 1 aliphatic rings. The molecule has 0 unspecified atom stereocenters. The van der Waals surface area contributed by atoms with Crippen LogP contribution in [-0.2, 0) is 4.79 Å². The summed E-state index contributed by atoms with van der Waals surface area (Å²) in [7, 11) is 0. The van der Waals surface area contributed by atoms with Gasteiger partial charge in [-0.1, -0.05) is 53.9 Å². The lowest BCUT2D eigenvalue weighted by Gasteiger charge is -2.12. The average Bonchev–Trinajstić information content (AvgIpc) is 3.39. The number of hydrogen-bond donors (Lipinski definition) is 1. The largest absolute Gasteiger partial charge is 0.484 e. The van der Waals surface area contributed by atoms with E-state index in [4.69, 9.17) is 9.26 Å². The van der Waals surface area contributed by atoms with Gasteiger partial charge in [0.1, 0.15) is 5.75 Å². The van der Waals surface area contributed by atoms with Crippen LogP contribution in [-0.4, -0.2) is 28.7 Å². The number of hydrogen-bond acceptors (Lipinski definition) is 5. The van der Waals surface area contributed by atoms with Gasteiger partial charge < -0.3 is 14.6 Å². The lowest BCUT2D eigenvalue weighted by molar-refractivity contribution is -0.123. The molecule has 6 heteroatoms. The summed E-state index contributed by atoms with van der Waals surface area (Å²) in [4.78, 5) is 16.5. The van der Waals surface area contributed by atoms with Crippen LogP contribution in [0.4, 0.5) is 0 Å². The molecular weight excluding hydrogens is 354 g/mol. The van der Waals surface area contributed by atoms with E-state index in [9.17, 15) is 4.79 Å². The number of nitrogens with zero attached hydrogens (tertiary/aromatic N) is 2. The van der Waals surface area contributed by atoms with Crippen LogP contribution in [0.1, 0.15) is 31.2 Å². The molecule has 2 aromatic carbocycles. The summed E-state index contributed by atoms with van der Waals surface area (Å²) in [6.45, 7) is 2.03. The van der Waals surface area contributed by atoms with Gasteiger partial charge in [-0.15, -0.1) is 0 Å². The van der Waals surface area contributed by atoms with Gasteiger partial charge in [0.05, 0.1) is 0 Å². The van der Waals surface area contributed by atoms with Crippen LogP contribution in [0.3, 0.4) is 0 Å². The molecule has 1 fully saturated rings. The number of amides is 1. The van der Waals surface area contributed by atoms with E-state index in [0.29, 0.717) is 23.5 Å². The van der Waals surface area contributed by atoms with E-state index in [1.165, 1.54) is 18.4 Å². The van der Waals surface area contributed by atoms with E-state index < -0.39 is 0 Å². The summed E-state index contributed by atoms with van der Waals surface area (Å²) >= 11 is 0. The number of ether oxygens (including phenoxy) is 1. The maximum absolute atomic E-state index is 12.0. The third-order valence-corrected chi connectivity index (χ3v) is 4.91. The Morgan fingerprint density at radius 1 is 1.14 bits per heavy atom. The lowest BCUT2D eigenvalue weighted by atomic mass is 10.1. The summed E-state index contributed by atoms with van der Waals surface area (Å²) in [6, 6.07) is 15.6. The zero-order valence-corrected chi connectivity index (χ0v) is 15.9. The molecular formula is C22H23N3O3. The quantitative estimate of drug-likeness (QED) is 0.698. The van der Waals surface area contributed by atoms with Gasteiger partial charge in [-0.25, -0.2) is 0 Å². The third kappa shape index (κ3) is 4.39. The fraction of sp³-hybridized carbons (Fsp3) is 0.318. The standard InChI is InChI=1S/C22H23N3O3/c1-15-9-11-16(12-10-15)21-24-22(28-25-21)17-5-4-8-19(13-17)27-14-20(26)23-18-6-2-3-7-18/h4-5,8-13,18H,2-3,6-7,14H2,1H3,(H,23,26). The lowest BCUT2D eigenvalue weighted by Crippen LogP contribution is -2.36. The van der Waals surface area contributed by atoms with Crippen molar-refractivity contribution in [3.63, 3.8) is 0 Å². The van der Waals surface area contributed by atoms with Crippen LogP contribution >= 0.6 is 0 Å². The van der Waals surface area contributed by atoms with Crippen molar-refractivity contribution in [1.29, 1.82) is 0 Å². The predicted molar refractivity (Wildman–Crippen MR) is 106 cm³/mol. The fourth-order valence-corrected chi connectivity index (χ4v) is 3.37. The van der Waals surface area contributed by atoms with Crippen LogP contribution in [0.5, 0.6) is 5.75 Å². The first-order valence-electron chi connectivity index (χ1n) is 9.61. The minimum absolute atomic E-state index is 0.00158. The van der Waals surface area contributed by atoms with Crippen molar-refractivity contribution >= 4 is 5.91 Å². The summed E-state index contributed by atoms with van der Waals surface area (Å²) < 4.78 is 11.1. The van der Waals surface area contributed by atoms with E-state index in [-0.39, 0.29) is 12.5 Å². The number of carbonyl (C=O) groups is 1. The summed E-state index contributed by atoms with van der Waals surface area (Å²) in [5.41, 5.74) is 2.82. The van der Waals surface area contributed by atoms with E-state index in [1.54, 1.807) is 6.07 Å².